The molecule has 30 heavy (non-hydrogen) atoms. The zero-order valence-corrected chi connectivity index (χ0v) is 18.8. The minimum Gasteiger partial charge on any atom is -0.352 e. The average Bonchev–Trinajstić information content (AvgIpc) is 2.69. The second-order valence-electron chi connectivity index (χ2n) is 8.73. The molecular formula is C23H33ClFN3O2. The van der Waals surface area contributed by atoms with Crippen molar-refractivity contribution in [1.29, 1.82) is 0 Å². The van der Waals surface area contributed by atoms with Gasteiger partial charge in [-0.25, -0.2) is 4.39 Å². The lowest BCUT2D eigenvalue weighted by Crippen LogP contribution is -2.64. The van der Waals surface area contributed by atoms with Crippen LogP contribution in [0.4, 0.5) is 4.39 Å². The van der Waals surface area contributed by atoms with Gasteiger partial charge in [-0.05, 0) is 61.6 Å². The number of likely N-dealkylation sites (tertiary alicyclic amines) is 2. The van der Waals surface area contributed by atoms with Gasteiger partial charge in [0.2, 0.25) is 5.91 Å². The predicted octanol–water partition coefficient (Wildman–Crippen LogP) is 3.96. The summed E-state index contributed by atoms with van der Waals surface area (Å²) in [6.45, 7) is 8.93. The van der Waals surface area contributed by atoms with Crippen molar-refractivity contribution in [3.63, 3.8) is 0 Å². The van der Waals surface area contributed by atoms with Crippen LogP contribution >= 0.6 is 11.6 Å². The normalized spacial score (nSPS) is 20.6. The minimum atomic E-state index is -0.506. The van der Waals surface area contributed by atoms with Gasteiger partial charge in [0, 0.05) is 43.3 Å². The number of amides is 2. The maximum atomic E-state index is 13.4. The molecule has 0 atom stereocenters. The Morgan fingerprint density at radius 3 is 2.43 bits per heavy atom. The average molecular weight is 438 g/mol. The zero-order chi connectivity index (χ0) is 21.7. The highest BCUT2D eigenvalue weighted by molar-refractivity contribution is 6.31. The molecule has 4 rings (SSSR count). The minimum absolute atomic E-state index is 0.224. The van der Waals surface area contributed by atoms with E-state index >= 15 is 0 Å². The fourth-order valence-electron chi connectivity index (χ4n) is 5.04. The summed E-state index contributed by atoms with van der Waals surface area (Å²) >= 11 is 5.81. The monoisotopic (exact) mass is 437 g/mol. The van der Waals surface area contributed by atoms with E-state index < -0.39 is 5.82 Å². The van der Waals surface area contributed by atoms with Gasteiger partial charge in [0.1, 0.15) is 5.82 Å². The molecule has 2 saturated heterocycles. The van der Waals surface area contributed by atoms with Crippen LogP contribution in [0.1, 0.15) is 56.3 Å². The first kappa shape index (κ1) is 23.0. The van der Waals surface area contributed by atoms with Gasteiger partial charge in [-0.3, -0.25) is 14.5 Å². The summed E-state index contributed by atoms with van der Waals surface area (Å²) in [4.78, 5) is 28.8. The highest BCUT2D eigenvalue weighted by atomic mass is 35.5. The van der Waals surface area contributed by atoms with Crippen LogP contribution in [-0.4, -0.2) is 60.9 Å². The third-order valence-electron chi connectivity index (χ3n) is 6.31. The van der Waals surface area contributed by atoms with Crippen molar-refractivity contribution < 1.29 is 14.0 Å². The highest BCUT2D eigenvalue weighted by Gasteiger charge is 2.52. The smallest absolute Gasteiger partial charge is 0.251 e. The van der Waals surface area contributed by atoms with Gasteiger partial charge in [0.05, 0.1) is 6.54 Å². The molecule has 0 unspecified atom stereocenters. The number of carbonyl (C=O) groups is 2. The van der Waals surface area contributed by atoms with Crippen LogP contribution in [-0.2, 0) is 4.79 Å². The van der Waals surface area contributed by atoms with Crippen LogP contribution in [0.5, 0.6) is 0 Å². The predicted molar refractivity (Wildman–Crippen MR) is 117 cm³/mol. The third kappa shape index (κ3) is 5.52. The van der Waals surface area contributed by atoms with Gasteiger partial charge >= 0.3 is 0 Å². The topological polar surface area (TPSA) is 52.7 Å². The first-order valence-electron chi connectivity index (χ1n) is 11.2. The summed E-state index contributed by atoms with van der Waals surface area (Å²) in [6.07, 6.45) is 5.65. The Bertz CT molecular complexity index is 733. The molecule has 1 aromatic carbocycles. The Hall–Kier alpha value is -1.66. The molecule has 1 spiro atoms. The Morgan fingerprint density at radius 2 is 1.80 bits per heavy atom. The van der Waals surface area contributed by atoms with E-state index in [1.807, 2.05) is 18.7 Å². The van der Waals surface area contributed by atoms with E-state index in [0.29, 0.717) is 24.4 Å². The molecule has 1 aliphatic carbocycles. The summed E-state index contributed by atoms with van der Waals surface area (Å²) in [5.74, 6) is -0.0713. The Kier molecular flexibility index (Phi) is 7.75. The lowest BCUT2D eigenvalue weighted by atomic mass is 9.57. The van der Waals surface area contributed by atoms with E-state index in [0.717, 1.165) is 51.9 Å². The van der Waals surface area contributed by atoms with Gasteiger partial charge < -0.3 is 10.2 Å². The standard InChI is InChI=1S/C21H27ClFN3O2.C2H6/c22-17-6-16(7-18(23)8-17)20(28)24-11-15-9-21(10-15)13-25(14-21)12-19(27)26-4-2-1-3-5-26;1-2/h6-8,15H,1-5,9-14H2,(H,24,28);1-2H3. The number of hydrogen-bond acceptors (Lipinski definition) is 3. The number of rotatable bonds is 5. The van der Waals surface area contributed by atoms with E-state index in [9.17, 15) is 14.0 Å². The van der Waals surface area contributed by atoms with Crippen molar-refractivity contribution in [3.05, 3.63) is 34.6 Å². The van der Waals surface area contributed by atoms with Crippen molar-refractivity contribution in [3.8, 4) is 0 Å². The second-order valence-corrected chi connectivity index (χ2v) is 9.17. The molecule has 0 aromatic heterocycles. The Labute approximate surface area is 183 Å². The van der Waals surface area contributed by atoms with Crippen molar-refractivity contribution >= 4 is 23.4 Å². The molecule has 2 aliphatic heterocycles. The summed E-state index contributed by atoms with van der Waals surface area (Å²) in [5.41, 5.74) is 0.588. The number of hydrogen-bond donors (Lipinski definition) is 1. The maximum absolute atomic E-state index is 13.4. The molecule has 0 bridgehead atoms. The molecule has 3 aliphatic rings. The summed E-state index contributed by atoms with van der Waals surface area (Å²) < 4.78 is 13.4. The molecule has 5 nitrogen and oxygen atoms in total. The number of benzene rings is 1. The molecule has 2 heterocycles. The summed E-state index contributed by atoms with van der Waals surface area (Å²) in [5, 5.41) is 3.11. The number of nitrogens with one attached hydrogen (secondary N) is 1. The van der Waals surface area contributed by atoms with Crippen LogP contribution in [0.15, 0.2) is 18.2 Å². The fourth-order valence-corrected chi connectivity index (χ4v) is 5.26. The molecule has 3 fully saturated rings. The van der Waals surface area contributed by atoms with Gasteiger partial charge in [0.25, 0.3) is 5.91 Å². The molecule has 0 radical (unpaired) electrons. The van der Waals surface area contributed by atoms with E-state index in [4.69, 9.17) is 11.6 Å². The molecule has 1 aromatic rings. The van der Waals surface area contributed by atoms with Gasteiger partial charge in [-0.1, -0.05) is 25.4 Å². The number of carbonyl (C=O) groups excluding carboxylic acids is 2. The Morgan fingerprint density at radius 1 is 1.13 bits per heavy atom. The lowest BCUT2D eigenvalue weighted by molar-refractivity contribution is -0.142. The first-order valence-corrected chi connectivity index (χ1v) is 11.5. The van der Waals surface area contributed by atoms with Crippen LogP contribution in [0, 0.1) is 17.2 Å². The SMILES string of the molecule is CC.O=C(NCC1CC2(C1)CN(CC(=O)N1CCCCC1)C2)c1cc(F)cc(Cl)c1. The van der Waals surface area contributed by atoms with Crippen LogP contribution in [0.2, 0.25) is 5.02 Å². The Balaban J connectivity index is 0.00000124. The molecular weight excluding hydrogens is 405 g/mol. The fraction of sp³-hybridized carbons (Fsp3) is 0.652. The quantitative estimate of drug-likeness (QED) is 0.758. The van der Waals surface area contributed by atoms with Crippen LogP contribution in [0.3, 0.4) is 0 Å². The van der Waals surface area contributed by atoms with Crippen LogP contribution in [0.25, 0.3) is 0 Å². The third-order valence-corrected chi connectivity index (χ3v) is 6.52. The maximum Gasteiger partial charge on any atom is 0.251 e. The zero-order valence-electron chi connectivity index (χ0n) is 18.1. The number of piperidine rings is 1. The first-order chi connectivity index (χ1) is 14.4. The van der Waals surface area contributed by atoms with E-state index in [-0.39, 0.29) is 22.4 Å². The molecule has 2 amide bonds. The molecule has 166 valence electrons. The number of halogens is 2. The van der Waals surface area contributed by atoms with E-state index in [1.54, 1.807) is 0 Å². The van der Waals surface area contributed by atoms with E-state index in [1.165, 1.54) is 24.6 Å². The summed E-state index contributed by atoms with van der Waals surface area (Å²) in [6, 6.07) is 3.87. The second kappa shape index (κ2) is 10.1. The van der Waals surface area contributed by atoms with Crippen molar-refractivity contribution in [2.24, 2.45) is 11.3 Å². The van der Waals surface area contributed by atoms with Crippen molar-refractivity contribution in [1.82, 2.24) is 15.1 Å². The van der Waals surface area contributed by atoms with Gasteiger partial charge in [-0.15, -0.1) is 0 Å². The van der Waals surface area contributed by atoms with Crippen molar-refractivity contribution in [2.45, 2.75) is 46.0 Å². The van der Waals surface area contributed by atoms with Crippen LogP contribution < -0.4 is 5.32 Å². The summed E-state index contributed by atoms with van der Waals surface area (Å²) in [7, 11) is 0. The molecule has 1 saturated carbocycles. The lowest BCUT2D eigenvalue weighted by Gasteiger charge is -2.59. The molecule has 7 heteroatoms. The van der Waals surface area contributed by atoms with Crippen molar-refractivity contribution in [2.75, 3.05) is 39.3 Å². The highest BCUT2D eigenvalue weighted by Crippen LogP contribution is 2.51. The number of nitrogens with zero attached hydrogens (tertiary/aromatic N) is 2. The largest absolute Gasteiger partial charge is 0.352 e. The molecule has 1 N–H and O–H groups in total. The van der Waals surface area contributed by atoms with Gasteiger partial charge in [0.15, 0.2) is 0 Å². The van der Waals surface area contributed by atoms with E-state index in [2.05, 4.69) is 10.2 Å². The van der Waals surface area contributed by atoms with Gasteiger partial charge in [-0.2, -0.15) is 0 Å².